The Hall–Kier alpha value is -2.90. The van der Waals surface area contributed by atoms with Gasteiger partial charge in [0.25, 0.3) is 5.60 Å². The first-order valence-corrected chi connectivity index (χ1v) is 9.36. The van der Waals surface area contributed by atoms with Crippen LogP contribution in [-0.2, 0) is 12.0 Å². The summed E-state index contributed by atoms with van der Waals surface area (Å²) in [4.78, 5) is 0. The molecule has 0 aliphatic carbocycles. The number of para-hydroxylation sites is 1. The average Bonchev–Trinajstić information content (AvgIpc) is 3.13. The summed E-state index contributed by atoms with van der Waals surface area (Å²) in [6.45, 7) is 0. The first-order chi connectivity index (χ1) is 14.2. The average molecular weight is 436 g/mol. The Balaban J connectivity index is 1.80. The number of hydrogen-bond donors (Lipinski definition) is 0. The predicted octanol–water partition coefficient (Wildman–Crippen LogP) is 5.54. The molecule has 2 N–H and O–H groups in total. The number of fused-ring (bicyclic) bond motifs is 1. The van der Waals surface area contributed by atoms with Crippen molar-refractivity contribution >= 4 is 22.5 Å². The topological polar surface area (TPSA) is 40.7 Å². The molecule has 1 heterocycles. The van der Waals surface area contributed by atoms with Crippen molar-refractivity contribution in [3.05, 3.63) is 94.9 Å². The van der Waals surface area contributed by atoms with Crippen LogP contribution >= 0.6 is 11.6 Å². The Morgan fingerprint density at radius 1 is 0.967 bits per heavy atom. The molecule has 8 heteroatoms. The molecule has 4 rings (SSSR count). The molecule has 3 aromatic carbocycles. The van der Waals surface area contributed by atoms with E-state index in [9.17, 15) is 17.6 Å². The molecule has 0 saturated carbocycles. The maximum atomic E-state index is 14.2. The highest BCUT2D eigenvalue weighted by Crippen LogP contribution is 2.43. The van der Waals surface area contributed by atoms with Crippen LogP contribution in [0.25, 0.3) is 16.6 Å². The van der Waals surface area contributed by atoms with Gasteiger partial charge in [0, 0.05) is 16.0 Å². The van der Waals surface area contributed by atoms with E-state index in [1.807, 2.05) is 30.3 Å². The normalized spacial score (nSPS) is 14.1. The van der Waals surface area contributed by atoms with Crippen molar-refractivity contribution in [1.82, 2.24) is 9.78 Å². The van der Waals surface area contributed by atoms with Crippen molar-refractivity contribution in [3.63, 3.8) is 0 Å². The van der Waals surface area contributed by atoms with E-state index in [1.165, 1.54) is 36.5 Å². The third-order valence-corrected chi connectivity index (χ3v) is 5.25. The fourth-order valence-electron chi connectivity index (χ4n) is 3.39. The fraction of sp³-hybridized carbons (Fsp3) is 0.136. The van der Waals surface area contributed by atoms with Crippen LogP contribution in [0.2, 0.25) is 5.02 Å². The number of aromatic nitrogens is 2. The third-order valence-electron chi connectivity index (χ3n) is 5.02. The second-order valence-electron chi connectivity index (χ2n) is 6.98. The van der Waals surface area contributed by atoms with Crippen LogP contribution < -0.4 is 0 Å². The maximum Gasteiger partial charge on any atom is 0.470 e. The van der Waals surface area contributed by atoms with E-state index in [2.05, 4.69) is 5.10 Å². The highest BCUT2D eigenvalue weighted by atomic mass is 35.5. The van der Waals surface area contributed by atoms with Crippen LogP contribution in [0.3, 0.4) is 0 Å². The lowest BCUT2D eigenvalue weighted by atomic mass is 9.86. The van der Waals surface area contributed by atoms with E-state index >= 15 is 0 Å². The smallest absolute Gasteiger partial charge is 0.430 e. The summed E-state index contributed by atoms with van der Waals surface area (Å²) in [6, 6.07) is 16.6. The van der Waals surface area contributed by atoms with Gasteiger partial charge < -0.3 is 5.11 Å². The zero-order valence-electron chi connectivity index (χ0n) is 15.4. The zero-order valence-corrected chi connectivity index (χ0v) is 16.2. The van der Waals surface area contributed by atoms with Gasteiger partial charge in [-0.25, -0.2) is 9.07 Å². The quantitative estimate of drug-likeness (QED) is 0.306. The number of halogens is 5. The number of rotatable bonds is 4. The summed E-state index contributed by atoms with van der Waals surface area (Å²) in [5, 5.41) is 13.1. The Kier molecular flexibility index (Phi) is 5.03. The fourth-order valence-corrected chi connectivity index (χ4v) is 3.55. The molecule has 1 atom stereocenters. The molecule has 0 spiro atoms. The Morgan fingerprint density at radius 2 is 1.70 bits per heavy atom. The van der Waals surface area contributed by atoms with Gasteiger partial charge in [-0.1, -0.05) is 35.9 Å². The summed E-state index contributed by atoms with van der Waals surface area (Å²) >= 11 is 5.69. The lowest BCUT2D eigenvalue weighted by Crippen LogP contribution is -2.44. The summed E-state index contributed by atoms with van der Waals surface area (Å²) in [6.07, 6.45) is -4.36. The van der Waals surface area contributed by atoms with E-state index in [1.54, 1.807) is 4.68 Å². The van der Waals surface area contributed by atoms with Gasteiger partial charge >= 0.3 is 6.18 Å². The second-order valence-corrected chi connectivity index (χ2v) is 7.42. The van der Waals surface area contributed by atoms with Crippen molar-refractivity contribution in [1.29, 1.82) is 0 Å². The number of nitrogens with zero attached hydrogens (tertiary/aromatic N) is 2. The summed E-state index contributed by atoms with van der Waals surface area (Å²) in [5.41, 5.74) is -2.19. The van der Waals surface area contributed by atoms with E-state index < -0.39 is 24.0 Å². The molecule has 0 saturated heterocycles. The molecule has 0 aliphatic heterocycles. The van der Waals surface area contributed by atoms with E-state index in [4.69, 9.17) is 16.7 Å². The molecule has 1 unspecified atom stereocenters. The highest BCUT2D eigenvalue weighted by molar-refractivity contribution is 6.30. The minimum absolute atomic E-state index is 0.0774. The minimum Gasteiger partial charge on any atom is -0.430 e. The molecule has 3 nitrogen and oxygen atoms in total. The van der Waals surface area contributed by atoms with Gasteiger partial charge in [0.05, 0.1) is 23.8 Å². The first-order valence-electron chi connectivity index (χ1n) is 8.98. The summed E-state index contributed by atoms with van der Waals surface area (Å²) < 4.78 is 57.8. The number of hydrogen-bond acceptors (Lipinski definition) is 1. The van der Waals surface area contributed by atoms with Crippen molar-refractivity contribution < 1.29 is 22.7 Å². The predicted molar refractivity (Wildman–Crippen MR) is 108 cm³/mol. The number of benzene rings is 3. The molecule has 0 fully saturated rings. The molecule has 0 amide bonds. The van der Waals surface area contributed by atoms with Gasteiger partial charge in [0.15, 0.2) is 0 Å². The molecule has 4 aromatic rings. The molecular weight excluding hydrogens is 420 g/mol. The lowest BCUT2D eigenvalue weighted by Gasteiger charge is -2.27. The van der Waals surface area contributed by atoms with Crippen molar-refractivity contribution in [3.8, 4) is 5.69 Å². The molecule has 0 aliphatic rings. The SMILES string of the molecule is [OH2+]C(Cc1ccc(Cl)cc1F)(c1ccc2c(cnn2-c2ccccc2)c1)C(F)(F)F. The van der Waals surface area contributed by atoms with Crippen LogP contribution in [0.5, 0.6) is 0 Å². The zero-order chi connectivity index (χ0) is 21.5. The molecule has 30 heavy (non-hydrogen) atoms. The van der Waals surface area contributed by atoms with Gasteiger partial charge in [0.1, 0.15) is 5.82 Å². The van der Waals surface area contributed by atoms with Crippen LogP contribution in [0.15, 0.2) is 72.9 Å². The number of alkyl halides is 3. The van der Waals surface area contributed by atoms with Gasteiger partial charge in [0.2, 0.25) is 0 Å². The Labute approximate surface area is 174 Å². The van der Waals surface area contributed by atoms with Gasteiger partial charge in [-0.2, -0.15) is 18.3 Å². The monoisotopic (exact) mass is 435 g/mol. The molecule has 1 aromatic heterocycles. The Bertz CT molecular complexity index is 1210. The van der Waals surface area contributed by atoms with Gasteiger partial charge in [-0.05, 0) is 48.0 Å². The molecule has 154 valence electrons. The van der Waals surface area contributed by atoms with Gasteiger partial charge in [-0.3, -0.25) is 0 Å². The standard InChI is InChI=1S/C22H15ClF4N2O/c23-17-8-6-14(19(24)11-17)12-21(30,22(25,26)27)16-7-9-20-15(10-16)13-28-29(20)18-4-2-1-3-5-18/h1-11,13,30H,12H2/p+1. The van der Waals surface area contributed by atoms with E-state index in [0.29, 0.717) is 10.9 Å². The van der Waals surface area contributed by atoms with Crippen molar-refractivity contribution in [2.45, 2.75) is 18.2 Å². The van der Waals surface area contributed by atoms with Crippen LogP contribution in [0.1, 0.15) is 11.1 Å². The first kappa shape index (κ1) is 20.4. The van der Waals surface area contributed by atoms with Gasteiger partial charge in [-0.15, -0.1) is 0 Å². The third kappa shape index (κ3) is 3.55. The van der Waals surface area contributed by atoms with Crippen LogP contribution in [0, 0.1) is 5.82 Å². The van der Waals surface area contributed by atoms with E-state index in [-0.39, 0.29) is 16.1 Å². The second kappa shape index (κ2) is 7.41. The highest BCUT2D eigenvalue weighted by Gasteiger charge is 2.60. The Morgan fingerprint density at radius 3 is 2.37 bits per heavy atom. The maximum absolute atomic E-state index is 14.2. The van der Waals surface area contributed by atoms with Crippen LogP contribution in [-0.4, -0.2) is 21.1 Å². The summed E-state index contributed by atoms with van der Waals surface area (Å²) in [5.74, 6) is -0.874. The minimum atomic E-state index is -4.93. The summed E-state index contributed by atoms with van der Waals surface area (Å²) in [7, 11) is 0. The largest absolute Gasteiger partial charge is 0.470 e. The molecule has 0 radical (unpaired) electrons. The van der Waals surface area contributed by atoms with Crippen LogP contribution in [0.4, 0.5) is 17.6 Å². The molecular formula is C22H16ClF4N2O+. The molecule has 0 bridgehead atoms. The lowest BCUT2D eigenvalue weighted by molar-refractivity contribution is -0.266. The van der Waals surface area contributed by atoms with E-state index in [0.717, 1.165) is 11.8 Å². The van der Waals surface area contributed by atoms with Crippen molar-refractivity contribution in [2.75, 3.05) is 0 Å². The van der Waals surface area contributed by atoms with Crippen molar-refractivity contribution in [2.24, 2.45) is 0 Å².